The Kier molecular flexibility index (Phi) is 7.69. The number of carbonyl (C=O) groups is 3. The first-order chi connectivity index (χ1) is 14.5. The predicted octanol–water partition coefficient (Wildman–Crippen LogP) is 4.72. The SMILES string of the molecule is C=C(C)C(=O)Oc1ccc(-c2ccc(C(=O)OCCOC(=O)C(C)(C)C)cc2F)cc1. The average molecular weight is 428 g/mol. The van der Waals surface area contributed by atoms with Crippen LogP contribution in [0.15, 0.2) is 54.6 Å². The molecule has 0 spiro atoms. The van der Waals surface area contributed by atoms with Crippen LogP contribution in [0.1, 0.15) is 38.1 Å². The van der Waals surface area contributed by atoms with E-state index in [2.05, 4.69) is 6.58 Å². The molecule has 0 heterocycles. The van der Waals surface area contributed by atoms with E-state index < -0.39 is 29.1 Å². The summed E-state index contributed by atoms with van der Waals surface area (Å²) in [6, 6.07) is 10.3. The summed E-state index contributed by atoms with van der Waals surface area (Å²) in [7, 11) is 0. The molecule has 0 unspecified atom stereocenters. The van der Waals surface area contributed by atoms with Gasteiger partial charge in [0, 0.05) is 11.1 Å². The van der Waals surface area contributed by atoms with Crippen molar-refractivity contribution in [3.63, 3.8) is 0 Å². The molecule has 6 nitrogen and oxygen atoms in total. The van der Waals surface area contributed by atoms with E-state index in [0.717, 1.165) is 6.07 Å². The second-order valence-electron chi connectivity index (χ2n) is 7.91. The summed E-state index contributed by atoms with van der Waals surface area (Å²) in [4.78, 5) is 35.3. The first-order valence-corrected chi connectivity index (χ1v) is 9.61. The maximum absolute atomic E-state index is 14.6. The van der Waals surface area contributed by atoms with Gasteiger partial charge in [0.2, 0.25) is 0 Å². The van der Waals surface area contributed by atoms with Crippen molar-refractivity contribution in [3.05, 3.63) is 66.0 Å². The van der Waals surface area contributed by atoms with E-state index in [1.807, 2.05) is 0 Å². The number of carbonyl (C=O) groups excluding carboxylic acids is 3. The standard InChI is InChI=1S/C24H25FO6/c1-15(2)21(26)31-18-9-6-16(7-10-18)19-11-8-17(14-20(19)25)22(27)29-12-13-30-23(28)24(3,4)5/h6-11,14H,1,12-13H2,2-5H3. The lowest BCUT2D eigenvalue weighted by molar-refractivity contribution is -0.154. The van der Waals surface area contributed by atoms with Gasteiger partial charge in [-0.25, -0.2) is 14.0 Å². The third-order valence-corrected chi connectivity index (χ3v) is 4.09. The van der Waals surface area contributed by atoms with Gasteiger partial charge in [0.05, 0.1) is 11.0 Å². The van der Waals surface area contributed by atoms with Gasteiger partial charge in [0.25, 0.3) is 0 Å². The van der Waals surface area contributed by atoms with Crippen LogP contribution in [0, 0.1) is 11.2 Å². The topological polar surface area (TPSA) is 78.9 Å². The molecule has 0 aliphatic heterocycles. The van der Waals surface area contributed by atoms with Crippen molar-refractivity contribution < 1.29 is 33.0 Å². The van der Waals surface area contributed by atoms with Crippen molar-refractivity contribution in [3.8, 4) is 16.9 Å². The van der Waals surface area contributed by atoms with Crippen LogP contribution < -0.4 is 4.74 Å². The maximum atomic E-state index is 14.6. The third-order valence-electron chi connectivity index (χ3n) is 4.09. The molecular formula is C24H25FO6. The lowest BCUT2D eigenvalue weighted by Crippen LogP contribution is -2.25. The van der Waals surface area contributed by atoms with Crippen molar-refractivity contribution in [1.29, 1.82) is 0 Å². The zero-order valence-corrected chi connectivity index (χ0v) is 18.0. The molecule has 0 aromatic heterocycles. The van der Waals surface area contributed by atoms with E-state index >= 15 is 0 Å². The Hall–Kier alpha value is -3.48. The van der Waals surface area contributed by atoms with E-state index in [-0.39, 0.29) is 29.9 Å². The van der Waals surface area contributed by atoms with E-state index in [1.54, 1.807) is 32.9 Å². The molecule has 0 aliphatic rings. The average Bonchev–Trinajstić information content (AvgIpc) is 2.70. The Labute approximate surface area is 180 Å². The molecule has 0 saturated heterocycles. The molecule has 0 fully saturated rings. The minimum absolute atomic E-state index is 0.0374. The molecule has 0 aliphatic carbocycles. The zero-order chi connectivity index (χ0) is 23.2. The molecule has 0 N–H and O–H groups in total. The number of esters is 3. The van der Waals surface area contributed by atoms with Crippen LogP contribution in [0.2, 0.25) is 0 Å². The predicted molar refractivity (Wildman–Crippen MR) is 113 cm³/mol. The van der Waals surface area contributed by atoms with E-state index in [9.17, 15) is 18.8 Å². The van der Waals surface area contributed by atoms with E-state index in [4.69, 9.17) is 14.2 Å². The molecule has 0 saturated carbocycles. The van der Waals surface area contributed by atoms with Gasteiger partial charge in [-0.2, -0.15) is 0 Å². The van der Waals surface area contributed by atoms with Crippen LogP contribution in [-0.2, 0) is 19.1 Å². The smallest absolute Gasteiger partial charge is 0.338 e. The van der Waals surface area contributed by atoms with E-state index in [1.165, 1.54) is 31.2 Å². The summed E-state index contributed by atoms with van der Waals surface area (Å²) >= 11 is 0. The Morgan fingerprint density at radius 3 is 2.13 bits per heavy atom. The van der Waals surface area contributed by atoms with Gasteiger partial charge in [0.1, 0.15) is 24.8 Å². The quantitative estimate of drug-likeness (QED) is 0.275. The number of hydrogen-bond acceptors (Lipinski definition) is 6. The number of hydrogen-bond donors (Lipinski definition) is 0. The molecule has 2 rings (SSSR count). The molecule has 0 bridgehead atoms. The summed E-state index contributed by atoms with van der Waals surface area (Å²) in [5.74, 6) is -1.97. The maximum Gasteiger partial charge on any atom is 0.338 e. The normalized spacial score (nSPS) is 10.9. The molecule has 7 heteroatoms. The largest absolute Gasteiger partial charge is 0.462 e. The highest BCUT2D eigenvalue weighted by Crippen LogP contribution is 2.26. The summed E-state index contributed by atoms with van der Waals surface area (Å²) in [6.07, 6.45) is 0. The zero-order valence-electron chi connectivity index (χ0n) is 18.0. The Morgan fingerprint density at radius 1 is 0.968 bits per heavy atom. The van der Waals surface area contributed by atoms with Gasteiger partial charge in [-0.05, 0) is 57.5 Å². The van der Waals surface area contributed by atoms with Gasteiger partial charge in [-0.3, -0.25) is 4.79 Å². The number of rotatable bonds is 7. The van der Waals surface area contributed by atoms with E-state index in [0.29, 0.717) is 11.3 Å². The first kappa shape index (κ1) is 23.8. The van der Waals surface area contributed by atoms with Crippen molar-refractivity contribution >= 4 is 17.9 Å². The summed E-state index contributed by atoms with van der Waals surface area (Å²) in [5.41, 5.74) is 0.475. The summed E-state index contributed by atoms with van der Waals surface area (Å²) < 4.78 is 29.7. The lowest BCUT2D eigenvalue weighted by atomic mass is 9.97. The van der Waals surface area contributed by atoms with Crippen molar-refractivity contribution in [1.82, 2.24) is 0 Å². The molecular weight excluding hydrogens is 403 g/mol. The van der Waals surface area contributed by atoms with Gasteiger partial charge in [0.15, 0.2) is 0 Å². The molecule has 2 aromatic rings. The number of halogens is 1. The van der Waals surface area contributed by atoms with Crippen molar-refractivity contribution in [2.24, 2.45) is 5.41 Å². The molecule has 0 radical (unpaired) electrons. The second kappa shape index (κ2) is 10.0. The fourth-order valence-corrected chi connectivity index (χ4v) is 2.34. The van der Waals surface area contributed by atoms with Crippen LogP contribution in [0.5, 0.6) is 5.75 Å². The van der Waals surface area contributed by atoms with Gasteiger partial charge in [-0.15, -0.1) is 0 Å². The van der Waals surface area contributed by atoms with Gasteiger partial charge in [-0.1, -0.05) is 24.8 Å². The highest BCUT2D eigenvalue weighted by molar-refractivity contribution is 5.90. The van der Waals surface area contributed by atoms with Gasteiger partial charge >= 0.3 is 17.9 Å². The Bertz CT molecular complexity index is 986. The third kappa shape index (κ3) is 6.77. The van der Waals surface area contributed by atoms with Crippen LogP contribution in [0.4, 0.5) is 4.39 Å². The fraction of sp³-hybridized carbons (Fsp3) is 0.292. The van der Waals surface area contributed by atoms with Crippen LogP contribution in [0.25, 0.3) is 11.1 Å². The van der Waals surface area contributed by atoms with Crippen LogP contribution >= 0.6 is 0 Å². The molecule has 0 atom stereocenters. The summed E-state index contributed by atoms with van der Waals surface area (Å²) in [5, 5.41) is 0. The molecule has 164 valence electrons. The van der Waals surface area contributed by atoms with Gasteiger partial charge < -0.3 is 14.2 Å². The minimum Gasteiger partial charge on any atom is -0.462 e. The highest BCUT2D eigenvalue weighted by atomic mass is 19.1. The lowest BCUT2D eigenvalue weighted by Gasteiger charge is -2.16. The van der Waals surface area contributed by atoms with Crippen LogP contribution in [-0.4, -0.2) is 31.1 Å². The highest BCUT2D eigenvalue weighted by Gasteiger charge is 2.23. The molecule has 2 aromatic carbocycles. The minimum atomic E-state index is -0.723. The fourth-order valence-electron chi connectivity index (χ4n) is 2.34. The van der Waals surface area contributed by atoms with Crippen molar-refractivity contribution in [2.75, 3.05) is 13.2 Å². The Morgan fingerprint density at radius 2 is 1.58 bits per heavy atom. The number of benzene rings is 2. The molecule has 0 amide bonds. The first-order valence-electron chi connectivity index (χ1n) is 9.61. The van der Waals surface area contributed by atoms with Crippen molar-refractivity contribution in [2.45, 2.75) is 27.7 Å². The second-order valence-corrected chi connectivity index (χ2v) is 7.91. The Balaban J connectivity index is 1.98. The molecule has 31 heavy (non-hydrogen) atoms. The number of ether oxygens (including phenoxy) is 3. The monoisotopic (exact) mass is 428 g/mol. The van der Waals surface area contributed by atoms with Crippen LogP contribution in [0.3, 0.4) is 0 Å². The summed E-state index contributed by atoms with van der Waals surface area (Å²) in [6.45, 7) is 9.99.